The van der Waals surface area contributed by atoms with Crippen LogP contribution in [0, 0.1) is 80.0 Å². The number of benzene rings is 2. The number of ether oxygens (including phenoxy) is 7. The van der Waals surface area contributed by atoms with Crippen molar-refractivity contribution in [2.24, 2.45) is 59.2 Å². The minimum Gasteiger partial charge on any atom is -0.393 e. The van der Waals surface area contributed by atoms with Gasteiger partial charge in [0.1, 0.15) is 11.8 Å². The third kappa shape index (κ3) is 12.7. The summed E-state index contributed by atoms with van der Waals surface area (Å²) < 4.78 is 37.7. The Bertz CT molecular complexity index is 3340. The predicted molar refractivity (Wildman–Crippen MR) is 352 cm³/mol. The Balaban J connectivity index is 0.000000104. The van der Waals surface area contributed by atoms with Crippen LogP contribution in [0.2, 0.25) is 0 Å². The summed E-state index contributed by atoms with van der Waals surface area (Å²) in [7, 11) is 0. The van der Waals surface area contributed by atoms with Crippen molar-refractivity contribution in [3.63, 3.8) is 0 Å². The average Bonchev–Trinajstić information content (AvgIpc) is 1.59. The molecule has 17 aliphatic rings. The van der Waals surface area contributed by atoms with Gasteiger partial charge in [-0.05, 0) is 81.4 Å². The minimum atomic E-state index is -0.429. The second kappa shape index (κ2) is 28.2. The number of hydrogen-bond acceptors (Lipinski definition) is 15. The van der Waals surface area contributed by atoms with Gasteiger partial charge in [-0.1, -0.05) is 206 Å². The first-order valence-electron chi connectivity index (χ1n) is 35.1. The fraction of sp³-hybridized carbons (Fsp3) is 0.558. The lowest BCUT2D eigenvalue weighted by molar-refractivity contribution is -0.156. The molecular weight excluding hydrogens is 1210 g/mol. The SMILES string of the molecule is C1=CC2CCC1O2.C=Cc1ccccc1.CC1C2C=CC(O2)C1C.CCCCCCCCN1C(=O)C2C3C=CC(O3)C2C1=O.Cc1cc(C)c(N2C(=O)C3C4C=CC(O4)C3C2=O)c(C)c1.O=C1C2C3C=CC(O3)C2C(=O)N1C1CCCCC1.O=C1OC(=O)C2C3C=CC(O3)C12. The highest BCUT2D eigenvalue weighted by Gasteiger charge is 2.64. The third-order valence-corrected chi connectivity index (χ3v) is 22.4. The van der Waals surface area contributed by atoms with Crippen LogP contribution in [0.15, 0.2) is 122 Å². The summed E-state index contributed by atoms with van der Waals surface area (Å²) in [6, 6.07) is 14.2. The molecule has 0 aromatic heterocycles. The summed E-state index contributed by atoms with van der Waals surface area (Å²) >= 11 is 0. The topological polar surface area (TPSA) is 211 Å². The van der Waals surface area contributed by atoms with Gasteiger partial charge < -0.3 is 33.2 Å². The first-order chi connectivity index (χ1) is 45.9. The van der Waals surface area contributed by atoms with Gasteiger partial charge in [0.05, 0.1) is 114 Å². The summed E-state index contributed by atoms with van der Waals surface area (Å²) in [5.74, 6) is -1.94. The van der Waals surface area contributed by atoms with E-state index in [0.29, 0.717) is 31.0 Å². The van der Waals surface area contributed by atoms with Crippen molar-refractivity contribution < 1.29 is 71.5 Å². The van der Waals surface area contributed by atoms with Gasteiger partial charge in [-0.3, -0.25) is 48.2 Å². The van der Waals surface area contributed by atoms with Crippen molar-refractivity contribution in [2.45, 2.75) is 204 Å². The molecule has 0 N–H and O–H groups in total. The smallest absolute Gasteiger partial charge is 0.320 e. The summed E-state index contributed by atoms with van der Waals surface area (Å²) in [5.41, 5.74) is 5.00. The van der Waals surface area contributed by atoms with Crippen LogP contribution in [-0.4, -0.2) is 143 Å². The van der Waals surface area contributed by atoms with Gasteiger partial charge in [0, 0.05) is 12.6 Å². The normalized spacial score (nSPS) is 38.1. The maximum absolute atomic E-state index is 12.8. The quantitative estimate of drug-likeness (QED) is 0.0712. The second-order valence-electron chi connectivity index (χ2n) is 28.4. The van der Waals surface area contributed by atoms with Gasteiger partial charge in [0.25, 0.3) is 0 Å². The van der Waals surface area contributed by atoms with E-state index < -0.39 is 11.9 Å². The van der Waals surface area contributed by atoms with Crippen molar-refractivity contribution in [3.8, 4) is 0 Å². The number of esters is 2. The molecule has 504 valence electrons. The number of carbonyl (C=O) groups is 8. The zero-order chi connectivity index (χ0) is 66.5. The number of rotatable bonds is 10. The molecule has 22 unspecified atom stereocenters. The maximum Gasteiger partial charge on any atom is 0.320 e. The summed E-state index contributed by atoms with van der Waals surface area (Å²) in [6.45, 7) is 16.9. The molecule has 19 rings (SSSR count). The van der Waals surface area contributed by atoms with Crippen LogP contribution >= 0.6 is 0 Å². The highest BCUT2D eigenvalue weighted by Crippen LogP contribution is 2.50. The van der Waals surface area contributed by atoms with Crippen LogP contribution in [0.25, 0.3) is 6.08 Å². The van der Waals surface area contributed by atoms with E-state index in [1.54, 1.807) is 4.90 Å². The zero-order valence-electron chi connectivity index (χ0n) is 55.4. The standard InChI is InChI=1S/C17H17NO3.C16H23NO3.C14H17NO3.C8H6O4.C8H12O.C8H8.C6H8O/c1-8-6-9(2)15(10(3)7-8)18-16(19)13-11-4-5-12(21-11)14(13)17(18)20;1-2-3-4-5-6-7-10-17-15(18)13-11-8-9-12(20-11)14(13)16(17)19;16-13-11-9-6-7-10(18-9)12(11)14(17)15(13)8-4-2-1-3-5-8;9-7-5-3-1-2-4(11-3)6(5)8(10)12-7;1-5-6(2)8-4-3-7(5)9-8;1-2-8-6-4-3-5-7-8;1-2-6-4-3-5(1)7-6/h4-7,11-14H,1-3H3;8-9,11-14H,2-7,10H2,1H3;6-12H,1-5H2;1-6H;3-8H,1-2H3;2-7H,1H2;1-2,5-6H,3-4H2. The number of nitrogens with zero attached hydrogens (tertiary/aromatic N) is 3. The fourth-order valence-electron chi connectivity index (χ4n) is 17.3. The van der Waals surface area contributed by atoms with Gasteiger partial charge in [-0.15, -0.1) is 0 Å². The van der Waals surface area contributed by atoms with Crippen molar-refractivity contribution in [1.29, 1.82) is 0 Å². The molecule has 0 spiro atoms. The van der Waals surface area contributed by atoms with Crippen LogP contribution in [0.4, 0.5) is 5.69 Å². The average molecular weight is 1300 g/mol. The number of likely N-dealkylation sites (tertiary alicyclic amines) is 2. The Hall–Kier alpha value is -7.06. The van der Waals surface area contributed by atoms with Gasteiger partial charge in [0.15, 0.2) is 0 Å². The molecule has 22 atom stereocenters. The number of cyclic esters (lactones) is 2. The fourth-order valence-corrected chi connectivity index (χ4v) is 17.3. The molecular formula is C77H91N3O15. The number of fused-ring (bicyclic) bond motifs is 24. The summed E-state index contributed by atoms with van der Waals surface area (Å²) in [5, 5.41) is 0. The van der Waals surface area contributed by atoms with Crippen LogP contribution < -0.4 is 4.90 Å². The van der Waals surface area contributed by atoms with Crippen molar-refractivity contribution >= 4 is 59.1 Å². The number of amides is 6. The van der Waals surface area contributed by atoms with Crippen molar-refractivity contribution in [1.82, 2.24) is 9.80 Å². The molecule has 16 aliphatic heterocycles. The monoisotopic (exact) mass is 1300 g/mol. The molecule has 16 heterocycles. The highest BCUT2D eigenvalue weighted by atomic mass is 16.6. The van der Waals surface area contributed by atoms with Crippen LogP contribution in [-0.2, 0) is 71.5 Å². The van der Waals surface area contributed by atoms with E-state index in [1.165, 1.54) is 60.3 Å². The lowest BCUT2D eigenvalue weighted by Gasteiger charge is -2.30. The lowest BCUT2D eigenvalue weighted by atomic mass is 9.85. The maximum atomic E-state index is 12.8. The Morgan fingerprint density at radius 2 is 0.832 bits per heavy atom. The summed E-state index contributed by atoms with van der Waals surface area (Å²) in [6.07, 6.45) is 41.1. The molecule has 95 heavy (non-hydrogen) atoms. The molecule has 0 radical (unpaired) electrons. The van der Waals surface area contributed by atoms with Crippen LogP contribution in [0.1, 0.15) is 126 Å². The molecule has 11 fully saturated rings. The largest absolute Gasteiger partial charge is 0.393 e. The van der Waals surface area contributed by atoms with Crippen molar-refractivity contribution in [3.05, 3.63) is 144 Å². The van der Waals surface area contributed by atoms with E-state index >= 15 is 0 Å². The number of aryl methyl sites for hydroxylation is 3. The highest BCUT2D eigenvalue weighted by molar-refractivity contribution is 6.23. The Morgan fingerprint density at radius 1 is 0.442 bits per heavy atom. The van der Waals surface area contributed by atoms with E-state index in [0.717, 1.165) is 72.7 Å². The predicted octanol–water partition coefficient (Wildman–Crippen LogP) is 10.3. The van der Waals surface area contributed by atoms with E-state index in [1.807, 2.05) is 118 Å². The van der Waals surface area contributed by atoms with Crippen LogP contribution in [0.5, 0.6) is 0 Å². The number of carbonyl (C=O) groups excluding carboxylic acids is 8. The Labute approximate surface area is 557 Å². The van der Waals surface area contributed by atoms with Gasteiger partial charge in [0.2, 0.25) is 35.4 Å². The first kappa shape index (κ1) is 66.5. The zero-order valence-corrected chi connectivity index (χ0v) is 55.4. The van der Waals surface area contributed by atoms with Crippen molar-refractivity contribution in [2.75, 3.05) is 11.4 Å². The molecule has 18 heteroatoms. The number of unbranched alkanes of at least 4 members (excludes halogenated alkanes) is 5. The second-order valence-corrected chi connectivity index (χ2v) is 28.4. The number of imide groups is 3. The molecule has 1 aliphatic carbocycles. The number of anilines is 1. The van der Waals surface area contributed by atoms with E-state index in [-0.39, 0.29) is 138 Å². The number of hydrogen-bond donors (Lipinski definition) is 0. The third-order valence-electron chi connectivity index (χ3n) is 22.4. The molecule has 1 saturated carbocycles. The van der Waals surface area contributed by atoms with Gasteiger partial charge in [-0.2, -0.15) is 0 Å². The summed E-state index contributed by atoms with van der Waals surface area (Å²) in [4.78, 5) is 102. The Morgan fingerprint density at radius 3 is 1.21 bits per heavy atom. The van der Waals surface area contributed by atoms with E-state index in [4.69, 9.17) is 28.4 Å². The molecule has 18 nitrogen and oxygen atoms in total. The molecule has 2 aromatic carbocycles. The van der Waals surface area contributed by atoms with E-state index in [9.17, 15) is 38.4 Å². The molecule has 2 aromatic rings. The molecule has 12 bridgehead atoms. The van der Waals surface area contributed by atoms with Gasteiger partial charge in [-0.25, -0.2) is 4.90 Å². The first-order valence-corrected chi connectivity index (χ1v) is 35.1. The van der Waals surface area contributed by atoms with Crippen LogP contribution in [0.3, 0.4) is 0 Å². The van der Waals surface area contributed by atoms with Gasteiger partial charge >= 0.3 is 11.9 Å². The Kier molecular flexibility index (Phi) is 19.7. The molecule has 6 amide bonds. The molecule has 10 saturated heterocycles. The minimum absolute atomic E-state index is 0.00888. The lowest BCUT2D eigenvalue weighted by Crippen LogP contribution is -2.43. The van der Waals surface area contributed by atoms with E-state index in [2.05, 4.69) is 56.4 Å².